The first kappa shape index (κ1) is 47.2. The number of fused-ring (bicyclic) bond motifs is 1. The number of aromatic carboxylic acids is 3. The van der Waals surface area contributed by atoms with E-state index in [-0.39, 0.29) is 39.3 Å². The molecule has 0 saturated heterocycles. The molecule has 0 aliphatic heterocycles. The van der Waals surface area contributed by atoms with Crippen molar-refractivity contribution in [2.45, 2.75) is 14.7 Å². The van der Waals surface area contributed by atoms with Crippen molar-refractivity contribution < 1.29 is 88.3 Å². The number of azo groups is 3. The molecule has 27 nitrogen and oxygen atoms in total. The molecule has 1 aromatic heterocycles. The first-order valence-corrected chi connectivity index (χ1v) is 21.7. The van der Waals surface area contributed by atoms with E-state index in [0.717, 1.165) is 67.8 Å². The molecular formula is C36H26N8O19S3. The van der Waals surface area contributed by atoms with Gasteiger partial charge in [-0.2, -0.15) is 40.1 Å². The summed E-state index contributed by atoms with van der Waals surface area (Å²) in [4.78, 5) is 33.6. The van der Waals surface area contributed by atoms with Gasteiger partial charge in [-0.1, -0.05) is 0 Å². The number of rotatable bonds is 15. The van der Waals surface area contributed by atoms with Gasteiger partial charge >= 0.3 is 17.9 Å². The lowest BCUT2D eigenvalue weighted by atomic mass is 10.1. The van der Waals surface area contributed by atoms with Crippen molar-refractivity contribution in [1.82, 2.24) is 9.78 Å². The number of phenols is 1. The number of hydrogen-bond donors (Lipinski definition) is 8. The van der Waals surface area contributed by atoms with Crippen LogP contribution in [0.2, 0.25) is 0 Å². The Bertz CT molecular complexity index is 3500. The van der Waals surface area contributed by atoms with E-state index < -0.39 is 114 Å². The smallest absolute Gasteiger partial charge is 0.358 e. The lowest BCUT2D eigenvalue weighted by molar-refractivity contribution is 0.0681. The Morgan fingerprint density at radius 3 is 1.71 bits per heavy atom. The highest BCUT2D eigenvalue weighted by Gasteiger charge is 2.27. The quantitative estimate of drug-likeness (QED) is 0.0400. The summed E-state index contributed by atoms with van der Waals surface area (Å²) in [5, 5.41) is 77.6. The molecule has 0 saturated carbocycles. The lowest BCUT2D eigenvalue weighted by Gasteiger charge is -2.11. The van der Waals surface area contributed by atoms with Crippen LogP contribution in [0.25, 0.3) is 16.5 Å². The van der Waals surface area contributed by atoms with Gasteiger partial charge in [-0.15, -0.1) is 25.6 Å². The molecule has 6 aromatic rings. The molecule has 0 aliphatic carbocycles. The summed E-state index contributed by atoms with van der Waals surface area (Å²) < 4.78 is 111. The van der Waals surface area contributed by atoms with E-state index >= 15 is 0 Å². The second-order valence-electron chi connectivity index (χ2n) is 12.9. The molecule has 0 spiro atoms. The summed E-state index contributed by atoms with van der Waals surface area (Å²) >= 11 is 0. The van der Waals surface area contributed by atoms with E-state index in [1.165, 1.54) is 13.2 Å². The highest BCUT2D eigenvalue weighted by atomic mass is 32.2. The molecular weight excluding hydrogens is 945 g/mol. The van der Waals surface area contributed by atoms with Crippen LogP contribution < -0.4 is 9.47 Å². The second-order valence-corrected chi connectivity index (χ2v) is 17.1. The molecule has 66 heavy (non-hydrogen) atoms. The molecule has 30 heteroatoms. The summed E-state index contributed by atoms with van der Waals surface area (Å²) in [5.74, 6) is -7.56. The molecule has 8 N–H and O–H groups in total. The molecule has 0 aliphatic rings. The molecule has 0 unspecified atom stereocenters. The van der Waals surface area contributed by atoms with Crippen molar-refractivity contribution in [3.63, 3.8) is 0 Å². The number of aromatic hydroxyl groups is 2. The fourth-order valence-electron chi connectivity index (χ4n) is 5.81. The standard InChI is InChI=1S/C36H26N8O19S3/c1-62-25-14-27(65(56,57)58)26(63-2)13-24(25)40-37-16-3-7-22(20(11-16)34(47)48)38-41-29-28(66(59,60)61)10-15-9-17(4-6-19(15)32(29)45)44-33(46)30(31(43-44)36(51)52)42-39-23-8-5-18(64(53,54)55)12-21(23)35(49)50/h3-14,45-46H,1-2H3,(H,47,48)(H,49,50)(H,51,52)(H,53,54,55)(H,56,57,58)(H,59,60,61). The molecule has 0 amide bonds. The topological polar surface area (TPSA) is 426 Å². The van der Waals surface area contributed by atoms with Gasteiger partial charge in [-0.25, -0.2) is 14.4 Å². The van der Waals surface area contributed by atoms with Crippen molar-refractivity contribution in [2.75, 3.05) is 14.2 Å². The molecule has 342 valence electrons. The van der Waals surface area contributed by atoms with Crippen LogP contribution in [0.3, 0.4) is 0 Å². The predicted molar refractivity (Wildman–Crippen MR) is 220 cm³/mol. The normalized spacial score (nSPS) is 12.4. The first-order valence-electron chi connectivity index (χ1n) is 17.4. The Hall–Kier alpha value is -8.29. The van der Waals surface area contributed by atoms with E-state index in [1.54, 1.807) is 0 Å². The summed E-state index contributed by atoms with van der Waals surface area (Å²) in [7, 11) is -12.6. The summed E-state index contributed by atoms with van der Waals surface area (Å²) in [5.41, 5.74) is -5.49. The van der Waals surface area contributed by atoms with Gasteiger partial charge in [0.2, 0.25) is 11.6 Å². The number of nitrogens with zero attached hydrogens (tertiary/aromatic N) is 8. The Morgan fingerprint density at radius 2 is 1.15 bits per heavy atom. The van der Waals surface area contributed by atoms with Gasteiger partial charge in [0, 0.05) is 17.5 Å². The van der Waals surface area contributed by atoms with Crippen LogP contribution in [-0.2, 0) is 30.4 Å². The molecule has 1 heterocycles. The fourth-order valence-corrected chi connectivity index (χ4v) is 7.63. The van der Waals surface area contributed by atoms with Gasteiger partial charge in [0.05, 0.1) is 41.6 Å². The summed E-state index contributed by atoms with van der Waals surface area (Å²) in [6.45, 7) is 0. The number of carboxylic acids is 3. The zero-order valence-electron chi connectivity index (χ0n) is 32.8. The van der Waals surface area contributed by atoms with E-state index in [4.69, 9.17) is 9.47 Å². The zero-order chi connectivity index (χ0) is 48.6. The van der Waals surface area contributed by atoms with Crippen molar-refractivity contribution in [3.8, 4) is 28.8 Å². The Labute approximate surface area is 368 Å². The fraction of sp³-hybridized carbons (Fsp3) is 0.0556. The number of ether oxygens (including phenoxy) is 2. The van der Waals surface area contributed by atoms with E-state index in [1.807, 2.05) is 0 Å². The zero-order valence-corrected chi connectivity index (χ0v) is 35.2. The number of carboxylic acid groups (broad SMARTS) is 3. The molecule has 0 radical (unpaired) electrons. The number of methoxy groups -OCH3 is 2. The summed E-state index contributed by atoms with van der Waals surface area (Å²) in [6.07, 6.45) is 0. The van der Waals surface area contributed by atoms with Crippen molar-refractivity contribution in [2.24, 2.45) is 30.7 Å². The molecule has 0 fully saturated rings. The minimum atomic E-state index is -5.28. The maximum Gasteiger partial charge on any atom is 0.358 e. The van der Waals surface area contributed by atoms with Crippen LogP contribution in [-0.4, -0.2) is 106 Å². The van der Waals surface area contributed by atoms with Gasteiger partial charge in [0.15, 0.2) is 11.4 Å². The van der Waals surface area contributed by atoms with Crippen LogP contribution in [0.1, 0.15) is 31.2 Å². The van der Waals surface area contributed by atoms with Crippen LogP contribution in [0.4, 0.5) is 34.1 Å². The van der Waals surface area contributed by atoms with Gasteiger partial charge < -0.3 is 35.0 Å². The summed E-state index contributed by atoms with van der Waals surface area (Å²) in [6, 6.07) is 11.5. The van der Waals surface area contributed by atoms with Gasteiger partial charge in [0.25, 0.3) is 30.4 Å². The van der Waals surface area contributed by atoms with Gasteiger partial charge in [0.1, 0.15) is 44.0 Å². The third kappa shape index (κ3) is 9.61. The maximum atomic E-state index is 12.6. The second kappa shape index (κ2) is 17.7. The Morgan fingerprint density at radius 1 is 0.576 bits per heavy atom. The first-order chi connectivity index (χ1) is 30.8. The van der Waals surface area contributed by atoms with Gasteiger partial charge in [-0.3, -0.25) is 13.7 Å². The predicted octanol–water partition coefficient (Wildman–Crippen LogP) is 6.53. The van der Waals surface area contributed by atoms with E-state index in [2.05, 4.69) is 35.8 Å². The molecule has 5 aromatic carbocycles. The number of phenolic OH excluding ortho intramolecular Hbond substituents is 1. The van der Waals surface area contributed by atoms with Crippen molar-refractivity contribution in [3.05, 3.63) is 89.6 Å². The minimum Gasteiger partial charge on any atom is -0.505 e. The lowest BCUT2D eigenvalue weighted by Crippen LogP contribution is -2.03. The average Bonchev–Trinajstić information content (AvgIpc) is 3.58. The average molecular weight is 971 g/mol. The molecule has 6 rings (SSSR count). The van der Waals surface area contributed by atoms with Crippen LogP contribution in [0.15, 0.2) is 118 Å². The van der Waals surface area contributed by atoms with Crippen LogP contribution >= 0.6 is 0 Å². The highest BCUT2D eigenvalue weighted by molar-refractivity contribution is 7.86. The number of aromatic nitrogens is 2. The maximum absolute atomic E-state index is 12.6. The van der Waals surface area contributed by atoms with Crippen LogP contribution in [0, 0.1) is 0 Å². The van der Waals surface area contributed by atoms with Gasteiger partial charge in [-0.05, 0) is 66.0 Å². The van der Waals surface area contributed by atoms with Crippen LogP contribution in [0.5, 0.6) is 23.1 Å². The minimum absolute atomic E-state index is 0.110. The van der Waals surface area contributed by atoms with E-state index in [0.29, 0.717) is 10.7 Å². The molecule has 0 bridgehead atoms. The third-order valence-corrected chi connectivity index (χ3v) is 11.4. The molecule has 0 atom stereocenters. The number of benzene rings is 5. The van der Waals surface area contributed by atoms with Crippen molar-refractivity contribution >= 4 is 93.2 Å². The Balaban J connectivity index is 1.38. The largest absolute Gasteiger partial charge is 0.505 e. The highest BCUT2D eigenvalue weighted by Crippen LogP contribution is 2.44. The number of hydrogen-bond acceptors (Lipinski definition) is 20. The third-order valence-electron chi connectivity index (χ3n) is 8.83. The SMILES string of the molecule is COc1cc(S(=O)(=O)O)c(OC)cc1N=Nc1ccc(N=Nc2c(S(=O)(=O)O)cc3cc(-n4nc(C(=O)O)c(N=Nc5ccc(S(=O)(=O)O)cc5C(=O)O)c4O)ccc3c2O)c(C(=O)O)c1. The Kier molecular flexibility index (Phi) is 12.7. The number of carbonyl (C=O) groups is 3. The monoisotopic (exact) mass is 970 g/mol. The van der Waals surface area contributed by atoms with E-state index in [9.17, 15) is 78.8 Å². The van der Waals surface area contributed by atoms with Crippen molar-refractivity contribution in [1.29, 1.82) is 0 Å².